The highest BCUT2D eigenvalue weighted by molar-refractivity contribution is 7.18. The van der Waals surface area contributed by atoms with Gasteiger partial charge < -0.3 is 4.98 Å². The van der Waals surface area contributed by atoms with Crippen LogP contribution < -0.4 is 11.1 Å². The van der Waals surface area contributed by atoms with Crippen LogP contribution in [0.5, 0.6) is 0 Å². The molecule has 0 atom stereocenters. The van der Waals surface area contributed by atoms with Crippen molar-refractivity contribution in [3.63, 3.8) is 0 Å². The first-order valence-corrected chi connectivity index (χ1v) is 9.54. The van der Waals surface area contributed by atoms with E-state index in [1.54, 1.807) is 28.3 Å². The zero-order valence-electron chi connectivity index (χ0n) is 14.7. The molecule has 3 heterocycles. The third-order valence-corrected chi connectivity index (χ3v) is 6.00. The molecule has 0 aliphatic carbocycles. The Kier molecular flexibility index (Phi) is 4.20. The summed E-state index contributed by atoms with van der Waals surface area (Å²) in [6.45, 7) is 4.50. The Bertz CT molecular complexity index is 1230. The Morgan fingerprint density at radius 2 is 1.96 bits per heavy atom. The van der Waals surface area contributed by atoms with Crippen molar-refractivity contribution in [2.24, 2.45) is 0 Å². The highest BCUT2D eigenvalue weighted by Gasteiger charge is 2.16. The molecule has 0 amide bonds. The minimum absolute atomic E-state index is 0.0350. The Balaban J connectivity index is 1.90. The third kappa shape index (κ3) is 2.66. The number of hydrogen-bond acceptors (Lipinski definition) is 4. The number of pyridine rings is 1. The zero-order chi connectivity index (χ0) is 18.3. The van der Waals surface area contributed by atoms with E-state index in [4.69, 9.17) is 0 Å². The van der Waals surface area contributed by atoms with Gasteiger partial charge in [0.2, 0.25) is 5.56 Å². The molecule has 6 heteroatoms. The quantitative estimate of drug-likeness (QED) is 0.602. The van der Waals surface area contributed by atoms with Crippen molar-refractivity contribution >= 4 is 32.5 Å². The van der Waals surface area contributed by atoms with Crippen LogP contribution in [-0.2, 0) is 19.4 Å². The molecule has 0 bridgehead atoms. The van der Waals surface area contributed by atoms with Crippen LogP contribution in [0, 0.1) is 0 Å². The lowest BCUT2D eigenvalue weighted by Crippen LogP contribution is -2.22. The molecule has 3 aromatic heterocycles. The van der Waals surface area contributed by atoms with Crippen LogP contribution in [-0.4, -0.2) is 14.5 Å². The fourth-order valence-electron chi connectivity index (χ4n) is 3.49. The van der Waals surface area contributed by atoms with Crippen molar-refractivity contribution in [3.8, 4) is 0 Å². The number of para-hydroxylation sites is 1. The second-order valence-corrected chi connectivity index (χ2v) is 7.36. The standard InChI is InChI=1S/C20H19N3O2S/c1-3-13-16(4-2)26-19-18(13)20(25)23(11-21-19)10-12-9-17(24)22-15-8-6-5-7-14(12)15/h5-9,11H,3-4,10H2,1-2H3,(H,22,24). The van der Waals surface area contributed by atoms with Gasteiger partial charge in [0.1, 0.15) is 4.83 Å². The second-order valence-electron chi connectivity index (χ2n) is 6.27. The molecule has 0 radical (unpaired) electrons. The van der Waals surface area contributed by atoms with Crippen molar-refractivity contribution in [2.75, 3.05) is 0 Å². The summed E-state index contributed by atoms with van der Waals surface area (Å²) in [6, 6.07) is 9.19. The molecule has 4 rings (SSSR count). The van der Waals surface area contributed by atoms with E-state index in [0.29, 0.717) is 6.54 Å². The number of aromatic nitrogens is 3. The summed E-state index contributed by atoms with van der Waals surface area (Å²) >= 11 is 1.60. The van der Waals surface area contributed by atoms with E-state index in [1.807, 2.05) is 24.3 Å². The minimum Gasteiger partial charge on any atom is -0.322 e. The first-order valence-electron chi connectivity index (χ1n) is 8.73. The maximum Gasteiger partial charge on any atom is 0.262 e. The molecule has 0 unspecified atom stereocenters. The molecule has 132 valence electrons. The van der Waals surface area contributed by atoms with Gasteiger partial charge in [-0.15, -0.1) is 11.3 Å². The number of aryl methyl sites for hydroxylation is 2. The SMILES string of the molecule is CCc1sc2ncn(Cc3cc(=O)[nH]c4ccccc34)c(=O)c2c1CC. The summed E-state index contributed by atoms with van der Waals surface area (Å²) in [4.78, 5) is 34.5. The monoisotopic (exact) mass is 365 g/mol. The predicted molar refractivity (Wildman–Crippen MR) is 106 cm³/mol. The fourth-order valence-corrected chi connectivity index (χ4v) is 4.65. The topological polar surface area (TPSA) is 67.8 Å². The number of benzene rings is 1. The number of rotatable bonds is 4. The summed E-state index contributed by atoms with van der Waals surface area (Å²) in [5.41, 5.74) is 2.49. The van der Waals surface area contributed by atoms with Gasteiger partial charge in [-0.25, -0.2) is 4.98 Å². The minimum atomic E-state index is -0.168. The lowest BCUT2D eigenvalue weighted by Gasteiger charge is -2.09. The van der Waals surface area contributed by atoms with Gasteiger partial charge in [0, 0.05) is 21.8 Å². The number of thiophene rings is 1. The van der Waals surface area contributed by atoms with E-state index in [1.165, 1.54) is 4.88 Å². The largest absolute Gasteiger partial charge is 0.322 e. The summed E-state index contributed by atoms with van der Waals surface area (Å²) in [5, 5.41) is 1.67. The van der Waals surface area contributed by atoms with Crippen LogP contribution in [0.3, 0.4) is 0 Å². The lowest BCUT2D eigenvalue weighted by atomic mass is 10.1. The number of fused-ring (bicyclic) bond motifs is 2. The fraction of sp³-hybridized carbons (Fsp3) is 0.250. The molecule has 0 aliphatic rings. The zero-order valence-corrected chi connectivity index (χ0v) is 15.5. The van der Waals surface area contributed by atoms with Crippen molar-refractivity contribution in [1.29, 1.82) is 0 Å². The molecule has 0 saturated carbocycles. The van der Waals surface area contributed by atoms with Gasteiger partial charge in [-0.05, 0) is 30.0 Å². The van der Waals surface area contributed by atoms with Gasteiger partial charge in [0.05, 0.1) is 18.3 Å². The molecule has 1 N–H and O–H groups in total. The third-order valence-electron chi connectivity index (χ3n) is 4.71. The van der Waals surface area contributed by atoms with Gasteiger partial charge >= 0.3 is 0 Å². The van der Waals surface area contributed by atoms with Crippen LogP contribution >= 0.6 is 11.3 Å². The number of nitrogens with zero attached hydrogens (tertiary/aromatic N) is 2. The maximum atomic E-state index is 13.1. The first kappa shape index (κ1) is 16.7. The van der Waals surface area contributed by atoms with Crippen LogP contribution in [0.1, 0.15) is 29.9 Å². The van der Waals surface area contributed by atoms with Crippen molar-refractivity contribution < 1.29 is 0 Å². The molecule has 26 heavy (non-hydrogen) atoms. The highest BCUT2D eigenvalue weighted by Crippen LogP contribution is 2.28. The number of nitrogens with one attached hydrogen (secondary N) is 1. The van der Waals surface area contributed by atoms with Crippen LogP contribution in [0.2, 0.25) is 0 Å². The maximum absolute atomic E-state index is 13.1. The Hall–Kier alpha value is -2.73. The summed E-state index contributed by atoms with van der Waals surface area (Å²) in [5.74, 6) is 0. The number of hydrogen-bond donors (Lipinski definition) is 1. The molecule has 0 fully saturated rings. The van der Waals surface area contributed by atoms with Crippen LogP contribution in [0.15, 0.2) is 46.2 Å². The molecular formula is C20H19N3O2S. The molecule has 5 nitrogen and oxygen atoms in total. The molecular weight excluding hydrogens is 346 g/mol. The highest BCUT2D eigenvalue weighted by atomic mass is 32.1. The van der Waals surface area contributed by atoms with Gasteiger partial charge in [0.25, 0.3) is 5.56 Å². The van der Waals surface area contributed by atoms with E-state index < -0.39 is 0 Å². The normalized spacial score (nSPS) is 11.5. The smallest absolute Gasteiger partial charge is 0.262 e. The average molecular weight is 365 g/mol. The van der Waals surface area contributed by atoms with Crippen molar-refractivity contribution in [3.05, 3.63) is 73.4 Å². The summed E-state index contributed by atoms with van der Waals surface area (Å²) < 4.78 is 1.61. The summed E-state index contributed by atoms with van der Waals surface area (Å²) in [6.07, 6.45) is 3.32. The van der Waals surface area contributed by atoms with E-state index in [2.05, 4.69) is 23.8 Å². The van der Waals surface area contributed by atoms with E-state index in [9.17, 15) is 9.59 Å². The Morgan fingerprint density at radius 1 is 1.15 bits per heavy atom. The number of aromatic amines is 1. The van der Waals surface area contributed by atoms with Gasteiger partial charge in [-0.3, -0.25) is 14.2 Å². The molecule has 1 aromatic carbocycles. The van der Waals surface area contributed by atoms with Gasteiger partial charge in [-0.1, -0.05) is 32.0 Å². The lowest BCUT2D eigenvalue weighted by molar-refractivity contribution is 0.751. The van der Waals surface area contributed by atoms with E-state index >= 15 is 0 Å². The first-order chi connectivity index (χ1) is 12.6. The van der Waals surface area contributed by atoms with Gasteiger partial charge in [0.15, 0.2) is 0 Å². The second kappa shape index (κ2) is 6.53. The Labute approximate surface area is 154 Å². The molecule has 4 aromatic rings. The molecule has 0 aliphatic heterocycles. The van der Waals surface area contributed by atoms with Crippen molar-refractivity contribution in [1.82, 2.24) is 14.5 Å². The van der Waals surface area contributed by atoms with Crippen LogP contribution in [0.25, 0.3) is 21.1 Å². The molecule has 0 saturated heterocycles. The average Bonchev–Trinajstić information content (AvgIpc) is 3.02. The predicted octanol–water partition coefficient (Wildman–Crippen LogP) is 3.47. The van der Waals surface area contributed by atoms with E-state index in [0.717, 1.165) is 45.1 Å². The summed E-state index contributed by atoms with van der Waals surface area (Å²) in [7, 11) is 0. The van der Waals surface area contributed by atoms with Gasteiger partial charge in [-0.2, -0.15) is 0 Å². The van der Waals surface area contributed by atoms with Crippen LogP contribution in [0.4, 0.5) is 0 Å². The van der Waals surface area contributed by atoms with E-state index in [-0.39, 0.29) is 11.1 Å². The molecule has 0 spiro atoms. The number of H-pyrrole nitrogens is 1. The Morgan fingerprint density at radius 3 is 2.73 bits per heavy atom. The van der Waals surface area contributed by atoms with Crippen molar-refractivity contribution in [2.45, 2.75) is 33.2 Å².